The fourth-order valence-corrected chi connectivity index (χ4v) is 1.97. The topological polar surface area (TPSA) is 21.3 Å². The van der Waals surface area contributed by atoms with Crippen LogP contribution in [0, 0.1) is 5.92 Å². The molecule has 0 saturated carbocycles. The van der Waals surface area contributed by atoms with E-state index in [0.29, 0.717) is 6.04 Å². The Morgan fingerprint density at radius 3 is 2.86 bits per heavy atom. The largest absolute Gasteiger partial charge is 0.380 e. The molecular formula is C12H25NO. The first-order chi connectivity index (χ1) is 6.86. The normalized spacial score (nSPS) is 24.0. The minimum Gasteiger partial charge on any atom is -0.380 e. The maximum absolute atomic E-state index is 5.34. The molecular weight excluding hydrogens is 174 g/mol. The molecule has 0 bridgehead atoms. The zero-order valence-corrected chi connectivity index (χ0v) is 9.72. The highest BCUT2D eigenvalue weighted by molar-refractivity contribution is 4.73. The first-order valence-electron chi connectivity index (χ1n) is 6.18. The average Bonchev–Trinajstić information content (AvgIpc) is 2.71. The lowest BCUT2D eigenvalue weighted by molar-refractivity contribution is 0.189. The molecule has 1 heterocycles. The van der Waals surface area contributed by atoms with E-state index in [1.165, 1.54) is 38.6 Å². The van der Waals surface area contributed by atoms with Gasteiger partial charge in [-0.2, -0.15) is 0 Å². The van der Waals surface area contributed by atoms with E-state index in [2.05, 4.69) is 19.2 Å². The Labute approximate surface area is 88.4 Å². The van der Waals surface area contributed by atoms with E-state index in [4.69, 9.17) is 4.74 Å². The van der Waals surface area contributed by atoms with Gasteiger partial charge in [-0.05, 0) is 25.3 Å². The van der Waals surface area contributed by atoms with Gasteiger partial charge in [0, 0.05) is 12.6 Å². The number of rotatable bonds is 7. The summed E-state index contributed by atoms with van der Waals surface area (Å²) in [5, 5.41) is 3.62. The van der Waals surface area contributed by atoms with Crippen LogP contribution in [-0.2, 0) is 4.74 Å². The quantitative estimate of drug-likeness (QED) is 0.680. The third-order valence-corrected chi connectivity index (χ3v) is 3.17. The number of hydrogen-bond donors (Lipinski definition) is 1. The van der Waals surface area contributed by atoms with Crippen molar-refractivity contribution >= 4 is 0 Å². The minimum absolute atomic E-state index is 0.630. The molecule has 1 saturated heterocycles. The molecule has 0 aromatic rings. The zero-order chi connectivity index (χ0) is 10.2. The van der Waals surface area contributed by atoms with Gasteiger partial charge in [-0.1, -0.05) is 33.1 Å². The van der Waals surface area contributed by atoms with Crippen LogP contribution in [0.1, 0.15) is 46.0 Å². The Morgan fingerprint density at radius 2 is 2.29 bits per heavy atom. The van der Waals surface area contributed by atoms with Crippen molar-refractivity contribution in [2.45, 2.75) is 52.0 Å². The van der Waals surface area contributed by atoms with Crippen molar-refractivity contribution in [1.29, 1.82) is 0 Å². The van der Waals surface area contributed by atoms with Gasteiger partial charge in [-0.25, -0.2) is 0 Å². The van der Waals surface area contributed by atoms with Crippen molar-refractivity contribution in [3.8, 4) is 0 Å². The standard InChI is InChI=1S/C12H25NO/c1-3-5-6-11(4-2)9-13-12-7-8-14-10-12/h11-13H,3-10H2,1-2H3. The van der Waals surface area contributed by atoms with Gasteiger partial charge in [0.15, 0.2) is 0 Å². The second-order valence-corrected chi connectivity index (χ2v) is 4.39. The SMILES string of the molecule is CCCCC(CC)CNC1CCOC1. The molecule has 1 N–H and O–H groups in total. The summed E-state index contributed by atoms with van der Waals surface area (Å²) in [6.07, 6.45) is 6.59. The molecule has 84 valence electrons. The highest BCUT2D eigenvalue weighted by Gasteiger charge is 2.16. The van der Waals surface area contributed by atoms with E-state index in [1.807, 2.05) is 0 Å². The van der Waals surface area contributed by atoms with E-state index >= 15 is 0 Å². The second kappa shape index (κ2) is 7.24. The van der Waals surface area contributed by atoms with E-state index < -0.39 is 0 Å². The summed E-state index contributed by atoms with van der Waals surface area (Å²) in [6, 6.07) is 0.630. The number of unbranched alkanes of at least 4 members (excludes halogenated alkanes) is 1. The molecule has 0 spiro atoms. The monoisotopic (exact) mass is 199 g/mol. The van der Waals surface area contributed by atoms with Gasteiger partial charge in [0.1, 0.15) is 0 Å². The third-order valence-electron chi connectivity index (χ3n) is 3.17. The first kappa shape index (κ1) is 12.0. The van der Waals surface area contributed by atoms with Crippen LogP contribution in [0.25, 0.3) is 0 Å². The summed E-state index contributed by atoms with van der Waals surface area (Å²) >= 11 is 0. The van der Waals surface area contributed by atoms with Crippen molar-refractivity contribution in [3.63, 3.8) is 0 Å². The molecule has 14 heavy (non-hydrogen) atoms. The molecule has 0 aromatic heterocycles. The van der Waals surface area contributed by atoms with Gasteiger partial charge < -0.3 is 10.1 Å². The molecule has 2 heteroatoms. The number of hydrogen-bond acceptors (Lipinski definition) is 2. The Bertz CT molecular complexity index is 132. The molecule has 2 unspecified atom stereocenters. The summed E-state index contributed by atoms with van der Waals surface area (Å²) < 4.78 is 5.34. The van der Waals surface area contributed by atoms with Gasteiger partial charge in [0.2, 0.25) is 0 Å². The van der Waals surface area contributed by atoms with Crippen molar-refractivity contribution < 1.29 is 4.74 Å². The molecule has 0 aliphatic carbocycles. The fourth-order valence-electron chi connectivity index (χ4n) is 1.97. The van der Waals surface area contributed by atoms with Gasteiger partial charge >= 0.3 is 0 Å². The lowest BCUT2D eigenvalue weighted by Crippen LogP contribution is -2.33. The van der Waals surface area contributed by atoms with Crippen LogP contribution in [-0.4, -0.2) is 25.8 Å². The Kier molecular flexibility index (Phi) is 6.20. The van der Waals surface area contributed by atoms with E-state index in [1.54, 1.807) is 0 Å². The molecule has 0 amide bonds. The third kappa shape index (κ3) is 4.43. The van der Waals surface area contributed by atoms with Gasteiger partial charge in [0.05, 0.1) is 6.61 Å². The summed E-state index contributed by atoms with van der Waals surface area (Å²) in [5.41, 5.74) is 0. The molecule has 1 fully saturated rings. The lowest BCUT2D eigenvalue weighted by Gasteiger charge is -2.18. The smallest absolute Gasteiger partial charge is 0.0620 e. The lowest BCUT2D eigenvalue weighted by atomic mass is 9.99. The van der Waals surface area contributed by atoms with Crippen LogP contribution in [0.3, 0.4) is 0 Å². The Morgan fingerprint density at radius 1 is 1.43 bits per heavy atom. The average molecular weight is 199 g/mol. The van der Waals surface area contributed by atoms with E-state index in [-0.39, 0.29) is 0 Å². The van der Waals surface area contributed by atoms with Crippen molar-refractivity contribution in [1.82, 2.24) is 5.32 Å². The van der Waals surface area contributed by atoms with Crippen LogP contribution in [0.4, 0.5) is 0 Å². The van der Waals surface area contributed by atoms with Crippen LogP contribution in [0.5, 0.6) is 0 Å². The first-order valence-corrected chi connectivity index (χ1v) is 6.18. The molecule has 2 nitrogen and oxygen atoms in total. The Balaban J connectivity index is 2.06. The molecule has 1 rings (SSSR count). The molecule has 2 atom stereocenters. The number of nitrogens with one attached hydrogen (secondary N) is 1. The number of ether oxygens (including phenoxy) is 1. The van der Waals surface area contributed by atoms with E-state index in [9.17, 15) is 0 Å². The summed E-state index contributed by atoms with van der Waals surface area (Å²) in [5.74, 6) is 0.871. The predicted molar refractivity (Wildman–Crippen MR) is 60.5 cm³/mol. The molecule has 1 aliphatic rings. The zero-order valence-electron chi connectivity index (χ0n) is 9.72. The minimum atomic E-state index is 0.630. The molecule has 0 aromatic carbocycles. The van der Waals surface area contributed by atoms with Crippen LogP contribution in [0.2, 0.25) is 0 Å². The molecule has 0 radical (unpaired) electrons. The van der Waals surface area contributed by atoms with Crippen molar-refractivity contribution in [2.75, 3.05) is 19.8 Å². The summed E-state index contributed by atoms with van der Waals surface area (Å²) in [4.78, 5) is 0. The van der Waals surface area contributed by atoms with E-state index in [0.717, 1.165) is 19.1 Å². The maximum atomic E-state index is 5.34. The van der Waals surface area contributed by atoms with Crippen molar-refractivity contribution in [3.05, 3.63) is 0 Å². The van der Waals surface area contributed by atoms with Gasteiger partial charge in [-0.3, -0.25) is 0 Å². The second-order valence-electron chi connectivity index (χ2n) is 4.39. The Hall–Kier alpha value is -0.0800. The molecule has 1 aliphatic heterocycles. The summed E-state index contributed by atoms with van der Waals surface area (Å²) in [7, 11) is 0. The highest BCUT2D eigenvalue weighted by atomic mass is 16.5. The fraction of sp³-hybridized carbons (Fsp3) is 1.00. The maximum Gasteiger partial charge on any atom is 0.0620 e. The summed E-state index contributed by atoms with van der Waals surface area (Å²) in [6.45, 7) is 7.62. The highest BCUT2D eigenvalue weighted by Crippen LogP contribution is 2.12. The van der Waals surface area contributed by atoms with Crippen molar-refractivity contribution in [2.24, 2.45) is 5.92 Å². The van der Waals surface area contributed by atoms with Crippen LogP contribution in [0.15, 0.2) is 0 Å². The van der Waals surface area contributed by atoms with Crippen LogP contribution >= 0.6 is 0 Å². The van der Waals surface area contributed by atoms with Crippen LogP contribution < -0.4 is 5.32 Å². The predicted octanol–water partition coefficient (Wildman–Crippen LogP) is 2.58. The van der Waals surface area contributed by atoms with Gasteiger partial charge in [-0.15, -0.1) is 0 Å². The van der Waals surface area contributed by atoms with Gasteiger partial charge in [0.25, 0.3) is 0 Å².